The maximum Gasteiger partial charge on any atom is 0.408 e. The molecule has 2 N–H and O–H groups in total. The summed E-state index contributed by atoms with van der Waals surface area (Å²) < 4.78 is 10.8. The quantitative estimate of drug-likeness (QED) is 0.535. The molecule has 1 aliphatic heterocycles. The zero-order chi connectivity index (χ0) is 24.4. The van der Waals surface area contributed by atoms with Crippen LogP contribution in [0.1, 0.15) is 58.4 Å². The van der Waals surface area contributed by atoms with Gasteiger partial charge in [0.1, 0.15) is 11.6 Å². The van der Waals surface area contributed by atoms with Gasteiger partial charge >= 0.3 is 6.09 Å². The van der Waals surface area contributed by atoms with Crippen LogP contribution in [0.5, 0.6) is 0 Å². The predicted molar refractivity (Wildman–Crippen MR) is 138 cm³/mol. The lowest BCUT2D eigenvalue weighted by atomic mass is 9.91. The highest BCUT2D eigenvalue weighted by atomic mass is 32.2. The monoisotopic (exact) mass is 491 g/mol. The van der Waals surface area contributed by atoms with Gasteiger partial charge in [0.25, 0.3) is 0 Å². The van der Waals surface area contributed by atoms with Gasteiger partial charge in [0.2, 0.25) is 5.91 Å². The molecule has 0 aromatic heterocycles. The van der Waals surface area contributed by atoms with Crippen molar-refractivity contribution in [1.29, 1.82) is 0 Å². The van der Waals surface area contributed by atoms with E-state index >= 15 is 0 Å². The third kappa shape index (κ3) is 9.37. The molecule has 1 saturated carbocycles. The molecule has 0 radical (unpaired) electrons. The Morgan fingerprint density at radius 1 is 1.12 bits per heavy atom. The number of nitrogens with one attached hydrogen (secondary N) is 2. The summed E-state index contributed by atoms with van der Waals surface area (Å²) in [4.78, 5) is 27.7. The Labute approximate surface area is 208 Å². The highest BCUT2D eigenvalue weighted by Gasteiger charge is 2.25. The van der Waals surface area contributed by atoms with Crippen LogP contribution in [0.2, 0.25) is 0 Å². The second-order valence-electron chi connectivity index (χ2n) is 10.2. The maximum atomic E-state index is 13.0. The average molecular weight is 492 g/mol. The summed E-state index contributed by atoms with van der Waals surface area (Å²) >= 11 is 1.75. The molecule has 1 atom stereocenters. The number of hydrogen-bond acceptors (Lipinski definition) is 6. The SMILES string of the molecule is CC(C)(C)OC(=O)N[C@@H](CSCC1CCCCC1)C(=O)NCc1ccc(N2CCOCC2)cc1. The summed E-state index contributed by atoms with van der Waals surface area (Å²) in [5.41, 5.74) is 1.58. The Balaban J connectivity index is 1.51. The summed E-state index contributed by atoms with van der Waals surface area (Å²) in [6.45, 7) is 9.17. The number of benzene rings is 1. The van der Waals surface area contributed by atoms with E-state index in [4.69, 9.17) is 9.47 Å². The van der Waals surface area contributed by atoms with Crippen molar-refractivity contribution in [3.05, 3.63) is 29.8 Å². The Morgan fingerprint density at radius 3 is 2.44 bits per heavy atom. The number of ether oxygens (including phenoxy) is 2. The van der Waals surface area contributed by atoms with E-state index in [2.05, 4.69) is 27.7 Å². The van der Waals surface area contributed by atoms with Crippen molar-refractivity contribution in [2.75, 3.05) is 42.7 Å². The van der Waals surface area contributed by atoms with E-state index in [9.17, 15) is 9.59 Å². The minimum atomic E-state index is -0.629. The smallest absolute Gasteiger partial charge is 0.408 e. The molecular weight excluding hydrogens is 450 g/mol. The molecule has 2 fully saturated rings. The fraction of sp³-hybridized carbons (Fsp3) is 0.692. The van der Waals surface area contributed by atoms with Gasteiger partial charge < -0.3 is 25.0 Å². The molecule has 7 nitrogen and oxygen atoms in total. The molecule has 34 heavy (non-hydrogen) atoms. The van der Waals surface area contributed by atoms with Crippen LogP contribution in [0, 0.1) is 5.92 Å². The van der Waals surface area contributed by atoms with Gasteiger partial charge in [-0.25, -0.2) is 4.79 Å². The number of thioether (sulfide) groups is 1. The van der Waals surface area contributed by atoms with E-state index in [1.54, 1.807) is 11.8 Å². The first-order chi connectivity index (χ1) is 16.3. The molecule has 1 saturated heterocycles. The average Bonchev–Trinajstić information content (AvgIpc) is 2.82. The second-order valence-corrected chi connectivity index (χ2v) is 11.3. The summed E-state index contributed by atoms with van der Waals surface area (Å²) in [6, 6.07) is 7.63. The van der Waals surface area contributed by atoms with E-state index in [-0.39, 0.29) is 5.91 Å². The number of rotatable bonds is 9. The standard InChI is InChI=1S/C26H41N3O4S/c1-26(2,3)33-25(31)28-23(19-34-18-21-7-5-4-6-8-21)24(30)27-17-20-9-11-22(12-10-20)29-13-15-32-16-14-29/h9-12,21,23H,4-8,13-19H2,1-3H3,(H,27,30)(H,28,31)/t23-/m0/s1. The highest BCUT2D eigenvalue weighted by Crippen LogP contribution is 2.27. The van der Waals surface area contributed by atoms with Crippen molar-refractivity contribution >= 4 is 29.4 Å². The molecular formula is C26H41N3O4S. The van der Waals surface area contributed by atoms with Gasteiger partial charge in [0.15, 0.2) is 0 Å². The van der Waals surface area contributed by atoms with E-state index in [0.29, 0.717) is 18.2 Å². The number of hydrogen-bond donors (Lipinski definition) is 2. The van der Waals surface area contributed by atoms with Crippen LogP contribution in [-0.4, -0.2) is 61.5 Å². The minimum absolute atomic E-state index is 0.181. The predicted octanol–water partition coefficient (Wildman–Crippen LogP) is 4.35. The van der Waals surface area contributed by atoms with E-state index < -0.39 is 17.7 Å². The molecule has 190 valence electrons. The Bertz CT molecular complexity index is 769. The Kier molecular flexibility index (Phi) is 10.4. The number of amides is 2. The Morgan fingerprint density at radius 2 is 1.79 bits per heavy atom. The van der Waals surface area contributed by atoms with Gasteiger partial charge in [-0.2, -0.15) is 11.8 Å². The van der Waals surface area contributed by atoms with Crippen LogP contribution < -0.4 is 15.5 Å². The third-order valence-electron chi connectivity index (χ3n) is 6.15. The van der Waals surface area contributed by atoms with Crippen LogP contribution in [0.25, 0.3) is 0 Å². The topological polar surface area (TPSA) is 79.9 Å². The molecule has 1 aliphatic carbocycles. The normalized spacial score (nSPS) is 18.3. The number of alkyl carbamates (subject to hydrolysis) is 1. The van der Waals surface area contributed by atoms with Crippen molar-refractivity contribution in [2.45, 2.75) is 71.1 Å². The molecule has 3 rings (SSSR count). The lowest BCUT2D eigenvalue weighted by molar-refractivity contribution is -0.122. The first kappa shape index (κ1) is 26.7. The zero-order valence-electron chi connectivity index (χ0n) is 20.9. The second kappa shape index (κ2) is 13.2. The first-order valence-electron chi connectivity index (χ1n) is 12.6. The van der Waals surface area contributed by atoms with Gasteiger partial charge in [-0.1, -0.05) is 31.4 Å². The highest BCUT2D eigenvalue weighted by molar-refractivity contribution is 7.99. The lowest BCUT2D eigenvalue weighted by Crippen LogP contribution is -2.49. The van der Waals surface area contributed by atoms with Crippen molar-refractivity contribution in [3.8, 4) is 0 Å². The van der Waals surface area contributed by atoms with Crippen molar-refractivity contribution < 1.29 is 19.1 Å². The molecule has 1 aromatic rings. The number of carbonyl (C=O) groups excluding carboxylic acids is 2. The van der Waals surface area contributed by atoms with Crippen LogP contribution in [0.3, 0.4) is 0 Å². The summed E-state index contributed by atoms with van der Waals surface area (Å²) in [7, 11) is 0. The van der Waals surface area contributed by atoms with Crippen LogP contribution in [0.4, 0.5) is 10.5 Å². The molecule has 1 heterocycles. The van der Waals surface area contributed by atoms with Crippen molar-refractivity contribution in [1.82, 2.24) is 10.6 Å². The van der Waals surface area contributed by atoms with Crippen molar-refractivity contribution in [3.63, 3.8) is 0 Å². The van der Waals surface area contributed by atoms with Crippen LogP contribution in [0.15, 0.2) is 24.3 Å². The third-order valence-corrected chi connectivity index (χ3v) is 7.43. The fourth-order valence-corrected chi connectivity index (χ4v) is 5.57. The van der Waals surface area contributed by atoms with Gasteiger partial charge in [-0.15, -0.1) is 0 Å². The van der Waals surface area contributed by atoms with Crippen molar-refractivity contribution in [2.24, 2.45) is 5.92 Å². The lowest BCUT2D eigenvalue weighted by Gasteiger charge is -2.29. The molecule has 0 bridgehead atoms. The summed E-state index contributed by atoms with van der Waals surface area (Å²) in [5, 5.41) is 5.79. The molecule has 2 amide bonds. The van der Waals surface area contributed by atoms with E-state index in [0.717, 1.165) is 37.6 Å². The van der Waals surface area contributed by atoms with Gasteiger partial charge in [-0.3, -0.25) is 4.79 Å². The summed E-state index contributed by atoms with van der Waals surface area (Å²) in [5.74, 6) is 2.11. The fourth-order valence-electron chi connectivity index (χ4n) is 4.30. The molecule has 2 aliphatic rings. The van der Waals surface area contributed by atoms with Gasteiger partial charge in [0.05, 0.1) is 13.2 Å². The van der Waals surface area contributed by atoms with E-state index in [1.165, 1.54) is 37.8 Å². The number of morpholine rings is 1. The van der Waals surface area contributed by atoms with Crippen LogP contribution in [-0.2, 0) is 20.8 Å². The largest absolute Gasteiger partial charge is 0.444 e. The number of anilines is 1. The molecule has 8 heteroatoms. The van der Waals surface area contributed by atoms with Crippen LogP contribution >= 0.6 is 11.8 Å². The number of carbonyl (C=O) groups is 2. The molecule has 0 spiro atoms. The maximum absolute atomic E-state index is 13.0. The number of nitrogens with zero attached hydrogens (tertiary/aromatic N) is 1. The molecule has 1 aromatic carbocycles. The minimum Gasteiger partial charge on any atom is -0.444 e. The zero-order valence-corrected chi connectivity index (χ0v) is 21.8. The Hall–Kier alpha value is -1.93. The van der Waals surface area contributed by atoms with E-state index in [1.807, 2.05) is 32.9 Å². The van der Waals surface area contributed by atoms with Gasteiger partial charge in [-0.05, 0) is 63.0 Å². The molecule has 0 unspecified atom stereocenters. The summed E-state index contributed by atoms with van der Waals surface area (Å²) in [6.07, 6.45) is 5.92. The first-order valence-corrected chi connectivity index (χ1v) is 13.7. The van der Waals surface area contributed by atoms with Gasteiger partial charge in [0, 0.05) is 31.1 Å².